The van der Waals surface area contributed by atoms with Crippen LogP contribution in [0.2, 0.25) is 0 Å². The van der Waals surface area contributed by atoms with Gasteiger partial charge in [0.1, 0.15) is 6.79 Å². The minimum absolute atomic E-state index is 0.415. The van der Waals surface area contributed by atoms with Gasteiger partial charge >= 0.3 is 0 Å². The Bertz CT molecular complexity index is 172. The van der Waals surface area contributed by atoms with Gasteiger partial charge < -0.3 is 14.2 Å². The molecule has 3 nitrogen and oxygen atoms in total. The average Bonchev–Trinajstić information content (AvgIpc) is 2.83. The molecule has 0 radical (unpaired) electrons. The number of rotatable bonds is 4. The Balaban J connectivity index is 1.71. The van der Waals surface area contributed by atoms with Crippen molar-refractivity contribution in [1.29, 1.82) is 0 Å². The summed E-state index contributed by atoms with van der Waals surface area (Å²) in [5.41, 5.74) is 0. The highest BCUT2D eigenvalue weighted by molar-refractivity contribution is 4.94. The maximum atomic E-state index is 5.50. The van der Waals surface area contributed by atoms with Crippen LogP contribution in [0.1, 0.15) is 19.8 Å². The Morgan fingerprint density at radius 2 is 2.08 bits per heavy atom. The third-order valence-corrected chi connectivity index (χ3v) is 3.16. The molecule has 1 aliphatic heterocycles. The first-order valence-electron chi connectivity index (χ1n) is 5.03. The molecule has 13 heavy (non-hydrogen) atoms. The van der Waals surface area contributed by atoms with E-state index in [0.29, 0.717) is 24.9 Å². The van der Waals surface area contributed by atoms with E-state index in [2.05, 4.69) is 6.92 Å². The van der Waals surface area contributed by atoms with Crippen LogP contribution in [-0.4, -0.2) is 32.7 Å². The second-order valence-corrected chi connectivity index (χ2v) is 4.20. The lowest BCUT2D eigenvalue weighted by molar-refractivity contribution is -0.0522. The molecule has 4 atom stereocenters. The summed E-state index contributed by atoms with van der Waals surface area (Å²) in [6, 6.07) is 0. The highest BCUT2D eigenvalue weighted by Gasteiger charge is 2.46. The Hall–Kier alpha value is -0.120. The van der Waals surface area contributed by atoms with Crippen LogP contribution in [0.4, 0.5) is 0 Å². The van der Waals surface area contributed by atoms with Crippen LogP contribution >= 0.6 is 0 Å². The molecule has 4 unspecified atom stereocenters. The SMILES string of the molecule is COCOCC1CC2OC2CC1C. The molecule has 0 spiro atoms. The maximum Gasteiger partial charge on any atom is 0.146 e. The summed E-state index contributed by atoms with van der Waals surface area (Å²) in [5, 5.41) is 0. The van der Waals surface area contributed by atoms with Crippen LogP contribution in [-0.2, 0) is 14.2 Å². The van der Waals surface area contributed by atoms with Gasteiger partial charge in [0.2, 0.25) is 0 Å². The number of ether oxygens (including phenoxy) is 3. The number of epoxide rings is 1. The third kappa shape index (κ3) is 2.22. The van der Waals surface area contributed by atoms with E-state index < -0.39 is 0 Å². The van der Waals surface area contributed by atoms with Gasteiger partial charge in [-0.2, -0.15) is 0 Å². The van der Waals surface area contributed by atoms with Gasteiger partial charge in [0.05, 0.1) is 18.8 Å². The normalized spacial score (nSPS) is 42.9. The molecule has 1 saturated carbocycles. The molecule has 0 aromatic carbocycles. The van der Waals surface area contributed by atoms with Crippen molar-refractivity contribution in [2.45, 2.75) is 32.0 Å². The fourth-order valence-electron chi connectivity index (χ4n) is 2.20. The van der Waals surface area contributed by atoms with E-state index in [1.165, 1.54) is 12.8 Å². The summed E-state index contributed by atoms with van der Waals surface area (Å²) in [4.78, 5) is 0. The van der Waals surface area contributed by atoms with E-state index in [1.807, 2.05) is 0 Å². The predicted molar refractivity (Wildman–Crippen MR) is 48.4 cm³/mol. The Morgan fingerprint density at radius 1 is 1.31 bits per heavy atom. The highest BCUT2D eigenvalue weighted by Crippen LogP contribution is 2.42. The zero-order valence-electron chi connectivity index (χ0n) is 8.36. The molecule has 2 fully saturated rings. The second-order valence-electron chi connectivity index (χ2n) is 4.20. The summed E-state index contributed by atoms with van der Waals surface area (Å²) in [6.07, 6.45) is 3.52. The lowest BCUT2D eigenvalue weighted by Gasteiger charge is -2.25. The van der Waals surface area contributed by atoms with E-state index >= 15 is 0 Å². The summed E-state index contributed by atoms with van der Waals surface area (Å²) in [5.74, 6) is 1.40. The van der Waals surface area contributed by atoms with Crippen LogP contribution < -0.4 is 0 Å². The predicted octanol–water partition coefficient (Wildman–Crippen LogP) is 1.42. The molecular weight excluding hydrogens is 168 g/mol. The third-order valence-electron chi connectivity index (χ3n) is 3.16. The van der Waals surface area contributed by atoms with Crippen molar-refractivity contribution < 1.29 is 14.2 Å². The van der Waals surface area contributed by atoms with Gasteiger partial charge in [-0.25, -0.2) is 0 Å². The summed E-state index contributed by atoms with van der Waals surface area (Å²) < 4.78 is 15.7. The number of fused-ring (bicyclic) bond motifs is 1. The molecule has 0 amide bonds. The average molecular weight is 186 g/mol. The molecule has 1 heterocycles. The van der Waals surface area contributed by atoms with Crippen molar-refractivity contribution >= 4 is 0 Å². The van der Waals surface area contributed by atoms with Crippen molar-refractivity contribution in [1.82, 2.24) is 0 Å². The number of hydrogen-bond acceptors (Lipinski definition) is 3. The molecule has 0 aromatic rings. The quantitative estimate of drug-likeness (QED) is 0.378. The number of methoxy groups -OCH3 is 1. The molecule has 1 aliphatic carbocycles. The van der Waals surface area contributed by atoms with Gasteiger partial charge in [-0.3, -0.25) is 0 Å². The molecule has 0 bridgehead atoms. The monoisotopic (exact) mass is 186 g/mol. The van der Waals surface area contributed by atoms with E-state index in [1.54, 1.807) is 7.11 Å². The van der Waals surface area contributed by atoms with Crippen molar-refractivity contribution in [2.75, 3.05) is 20.5 Å². The van der Waals surface area contributed by atoms with Crippen molar-refractivity contribution in [3.63, 3.8) is 0 Å². The Kier molecular flexibility index (Phi) is 2.86. The fraction of sp³-hybridized carbons (Fsp3) is 1.00. The fourth-order valence-corrected chi connectivity index (χ4v) is 2.20. The summed E-state index contributed by atoms with van der Waals surface area (Å²) >= 11 is 0. The first-order valence-corrected chi connectivity index (χ1v) is 5.03. The molecule has 2 rings (SSSR count). The van der Waals surface area contributed by atoms with Crippen molar-refractivity contribution in [2.24, 2.45) is 11.8 Å². The molecule has 3 heteroatoms. The molecule has 1 saturated heterocycles. The van der Waals surface area contributed by atoms with Crippen LogP contribution in [0.25, 0.3) is 0 Å². The van der Waals surface area contributed by atoms with Gasteiger partial charge in [0, 0.05) is 7.11 Å². The minimum Gasteiger partial charge on any atom is -0.370 e. The lowest BCUT2D eigenvalue weighted by Crippen LogP contribution is -2.26. The van der Waals surface area contributed by atoms with Crippen molar-refractivity contribution in [3.05, 3.63) is 0 Å². The molecule has 2 aliphatic rings. The first-order chi connectivity index (χ1) is 6.31. The topological polar surface area (TPSA) is 31.0 Å². The van der Waals surface area contributed by atoms with Crippen LogP contribution in [0.15, 0.2) is 0 Å². The first kappa shape index (κ1) is 9.44. The Morgan fingerprint density at radius 3 is 2.85 bits per heavy atom. The van der Waals surface area contributed by atoms with Gasteiger partial charge in [0.15, 0.2) is 0 Å². The van der Waals surface area contributed by atoms with Crippen LogP contribution in [0.5, 0.6) is 0 Å². The summed E-state index contributed by atoms with van der Waals surface area (Å²) in [7, 11) is 1.66. The highest BCUT2D eigenvalue weighted by atomic mass is 16.7. The zero-order chi connectivity index (χ0) is 9.26. The zero-order valence-corrected chi connectivity index (χ0v) is 8.36. The molecule has 0 aromatic heterocycles. The lowest BCUT2D eigenvalue weighted by atomic mass is 9.81. The van der Waals surface area contributed by atoms with E-state index in [9.17, 15) is 0 Å². The van der Waals surface area contributed by atoms with E-state index in [-0.39, 0.29) is 0 Å². The van der Waals surface area contributed by atoms with Crippen LogP contribution in [0, 0.1) is 11.8 Å². The minimum atomic E-state index is 0.415. The van der Waals surface area contributed by atoms with Gasteiger partial charge in [-0.1, -0.05) is 6.92 Å². The molecular formula is C10H18O3. The smallest absolute Gasteiger partial charge is 0.146 e. The standard InChI is InChI=1S/C10H18O3/c1-7-3-9-10(13-9)4-8(7)5-12-6-11-2/h7-10H,3-6H2,1-2H3. The second kappa shape index (κ2) is 3.95. The van der Waals surface area contributed by atoms with Crippen LogP contribution in [0.3, 0.4) is 0 Å². The molecule has 76 valence electrons. The maximum absolute atomic E-state index is 5.50. The molecule has 0 N–H and O–H groups in total. The number of hydrogen-bond donors (Lipinski definition) is 0. The van der Waals surface area contributed by atoms with Gasteiger partial charge in [-0.05, 0) is 24.7 Å². The summed E-state index contributed by atoms with van der Waals surface area (Å²) in [6.45, 7) is 3.53. The van der Waals surface area contributed by atoms with Crippen molar-refractivity contribution in [3.8, 4) is 0 Å². The Labute approximate surface area is 79.4 Å². The van der Waals surface area contributed by atoms with E-state index in [0.717, 1.165) is 12.5 Å². The largest absolute Gasteiger partial charge is 0.370 e. The van der Waals surface area contributed by atoms with E-state index in [4.69, 9.17) is 14.2 Å². The van der Waals surface area contributed by atoms with Gasteiger partial charge in [0.25, 0.3) is 0 Å². The van der Waals surface area contributed by atoms with Gasteiger partial charge in [-0.15, -0.1) is 0 Å².